The number of nitrogens with zero attached hydrogens (tertiary/aromatic N) is 2. The number of aromatic nitrogens is 2. The summed E-state index contributed by atoms with van der Waals surface area (Å²) in [5.74, 6) is -0.148. The molecular weight excluding hydrogens is 268 g/mol. The lowest BCUT2D eigenvalue weighted by atomic mass is 10.2. The van der Waals surface area contributed by atoms with Gasteiger partial charge in [-0.3, -0.25) is 9.36 Å². The molecule has 0 saturated heterocycles. The van der Waals surface area contributed by atoms with E-state index in [2.05, 4.69) is 4.98 Å². The molecule has 0 aromatic carbocycles. The van der Waals surface area contributed by atoms with Crippen LogP contribution in [0.15, 0.2) is 41.2 Å². The average Bonchev–Trinajstić information content (AvgIpc) is 2.36. The Hall–Kier alpha value is -2.43. The molecule has 2 heterocycles. The van der Waals surface area contributed by atoms with Gasteiger partial charge in [-0.2, -0.15) is 0 Å². The van der Waals surface area contributed by atoms with Crippen molar-refractivity contribution < 1.29 is 9.53 Å². The number of rotatable bonds is 2. The van der Waals surface area contributed by atoms with Crippen LogP contribution in [-0.2, 0) is 4.74 Å². The predicted octanol–water partition coefficient (Wildman–Crippen LogP) is 2.50. The van der Waals surface area contributed by atoms with Crippen molar-refractivity contribution in [1.82, 2.24) is 9.55 Å². The summed E-state index contributed by atoms with van der Waals surface area (Å²) in [6.45, 7) is 7.16. The van der Waals surface area contributed by atoms with Crippen molar-refractivity contribution in [2.45, 2.75) is 33.3 Å². The predicted molar refractivity (Wildman–Crippen MR) is 79.7 cm³/mol. The Morgan fingerprint density at radius 2 is 1.81 bits per heavy atom. The van der Waals surface area contributed by atoms with E-state index < -0.39 is 11.6 Å². The fourth-order valence-corrected chi connectivity index (χ4v) is 1.87. The smallest absolute Gasteiger partial charge is 0.355 e. The van der Waals surface area contributed by atoms with E-state index in [1.807, 2.05) is 13.0 Å². The first-order chi connectivity index (χ1) is 9.78. The minimum Gasteiger partial charge on any atom is -0.455 e. The molecule has 5 nitrogen and oxygen atoms in total. The summed E-state index contributed by atoms with van der Waals surface area (Å²) in [6.07, 6.45) is 0. The molecule has 0 aliphatic heterocycles. The van der Waals surface area contributed by atoms with Crippen LogP contribution in [0.5, 0.6) is 0 Å². The van der Waals surface area contributed by atoms with Crippen LogP contribution in [0.3, 0.4) is 0 Å². The standard InChI is InChI=1S/C16H18N2O3/c1-11-7-5-9-13(17-11)18-12(8-6-10-14(18)19)15(20)21-16(2,3)4/h5-10H,1-4H3. The van der Waals surface area contributed by atoms with Gasteiger partial charge >= 0.3 is 5.97 Å². The summed E-state index contributed by atoms with van der Waals surface area (Å²) in [5, 5.41) is 0. The van der Waals surface area contributed by atoms with Crippen molar-refractivity contribution in [2.24, 2.45) is 0 Å². The maximum atomic E-state index is 12.3. The number of carbonyl (C=O) groups is 1. The van der Waals surface area contributed by atoms with Gasteiger partial charge in [-0.05, 0) is 45.9 Å². The van der Waals surface area contributed by atoms with Crippen molar-refractivity contribution in [3.8, 4) is 5.82 Å². The Bertz CT molecular complexity index is 727. The third-order valence-corrected chi connectivity index (χ3v) is 2.66. The Labute approximate surface area is 123 Å². The van der Waals surface area contributed by atoms with Gasteiger partial charge in [-0.1, -0.05) is 12.1 Å². The van der Waals surface area contributed by atoms with Gasteiger partial charge in [0.25, 0.3) is 5.56 Å². The molecular formula is C16H18N2O3. The van der Waals surface area contributed by atoms with E-state index in [1.165, 1.54) is 16.7 Å². The SMILES string of the molecule is Cc1cccc(-n2c(C(=O)OC(C)(C)C)cccc2=O)n1. The maximum absolute atomic E-state index is 12.3. The highest BCUT2D eigenvalue weighted by molar-refractivity contribution is 5.88. The molecule has 5 heteroatoms. The first-order valence-electron chi connectivity index (χ1n) is 6.67. The van der Waals surface area contributed by atoms with Gasteiger partial charge in [0.15, 0.2) is 0 Å². The van der Waals surface area contributed by atoms with Crippen molar-refractivity contribution in [2.75, 3.05) is 0 Å². The Morgan fingerprint density at radius 3 is 2.43 bits per heavy atom. The van der Waals surface area contributed by atoms with Crippen LogP contribution < -0.4 is 5.56 Å². The second-order valence-electron chi connectivity index (χ2n) is 5.72. The van der Waals surface area contributed by atoms with Gasteiger partial charge in [0.2, 0.25) is 0 Å². The molecule has 21 heavy (non-hydrogen) atoms. The van der Waals surface area contributed by atoms with Gasteiger partial charge in [0.05, 0.1) is 0 Å². The molecule has 110 valence electrons. The Morgan fingerprint density at radius 1 is 1.14 bits per heavy atom. The second kappa shape index (κ2) is 5.52. The highest BCUT2D eigenvalue weighted by Gasteiger charge is 2.21. The van der Waals surface area contributed by atoms with Crippen LogP contribution in [0.25, 0.3) is 5.82 Å². The highest BCUT2D eigenvalue weighted by Crippen LogP contribution is 2.13. The monoisotopic (exact) mass is 286 g/mol. The van der Waals surface area contributed by atoms with E-state index >= 15 is 0 Å². The second-order valence-corrected chi connectivity index (χ2v) is 5.72. The highest BCUT2D eigenvalue weighted by atomic mass is 16.6. The first kappa shape index (κ1) is 15.0. The molecule has 0 aliphatic rings. The number of hydrogen-bond acceptors (Lipinski definition) is 4. The van der Waals surface area contributed by atoms with Crippen LogP contribution in [0.2, 0.25) is 0 Å². The molecule has 0 saturated carbocycles. The lowest BCUT2D eigenvalue weighted by Crippen LogP contribution is -2.30. The number of hydrogen-bond donors (Lipinski definition) is 0. The van der Waals surface area contributed by atoms with Crippen LogP contribution in [0.1, 0.15) is 37.0 Å². The first-order valence-corrected chi connectivity index (χ1v) is 6.67. The summed E-state index contributed by atoms with van der Waals surface area (Å²) >= 11 is 0. The fourth-order valence-electron chi connectivity index (χ4n) is 1.87. The number of carbonyl (C=O) groups excluding carboxylic acids is 1. The van der Waals surface area contributed by atoms with E-state index in [1.54, 1.807) is 39.0 Å². The summed E-state index contributed by atoms with van der Waals surface area (Å²) in [6, 6.07) is 9.77. The molecule has 0 radical (unpaired) electrons. The third-order valence-electron chi connectivity index (χ3n) is 2.66. The fraction of sp³-hybridized carbons (Fsp3) is 0.312. The van der Waals surface area contributed by atoms with Gasteiger partial charge in [-0.15, -0.1) is 0 Å². The summed E-state index contributed by atoms with van der Waals surface area (Å²) in [7, 11) is 0. The van der Waals surface area contributed by atoms with E-state index in [4.69, 9.17) is 4.74 Å². The molecule has 0 N–H and O–H groups in total. The van der Waals surface area contributed by atoms with E-state index in [0.29, 0.717) is 5.82 Å². The third kappa shape index (κ3) is 3.56. The topological polar surface area (TPSA) is 61.2 Å². The minimum absolute atomic E-state index is 0.163. The number of aryl methyl sites for hydroxylation is 1. The summed E-state index contributed by atoms with van der Waals surface area (Å²) in [4.78, 5) is 28.7. The van der Waals surface area contributed by atoms with Gasteiger partial charge < -0.3 is 4.74 Å². The van der Waals surface area contributed by atoms with Crippen molar-refractivity contribution in [1.29, 1.82) is 0 Å². The molecule has 0 unspecified atom stereocenters. The molecule has 2 rings (SSSR count). The van der Waals surface area contributed by atoms with Gasteiger partial charge in [0.1, 0.15) is 17.1 Å². The van der Waals surface area contributed by atoms with E-state index in [-0.39, 0.29) is 11.3 Å². The summed E-state index contributed by atoms with van der Waals surface area (Å²) in [5.41, 5.74) is -0.0289. The maximum Gasteiger partial charge on any atom is 0.355 e. The molecule has 0 amide bonds. The zero-order valence-corrected chi connectivity index (χ0v) is 12.6. The Kier molecular flexibility index (Phi) is 3.93. The van der Waals surface area contributed by atoms with Crippen molar-refractivity contribution in [3.63, 3.8) is 0 Å². The number of pyridine rings is 2. The van der Waals surface area contributed by atoms with Crippen molar-refractivity contribution >= 4 is 5.97 Å². The number of ether oxygens (including phenoxy) is 1. The Balaban J connectivity index is 2.56. The van der Waals surface area contributed by atoms with Crippen LogP contribution in [0.4, 0.5) is 0 Å². The molecule has 2 aromatic rings. The molecule has 0 fully saturated rings. The quantitative estimate of drug-likeness (QED) is 0.796. The van der Waals surface area contributed by atoms with Gasteiger partial charge in [-0.25, -0.2) is 9.78 Å². The van der Waals surface area contributed by atoms with Crippen LogP contribution in [-0.4, -0.2) is 21.1 Å². The lowest BCUT2D eigenvalue weighted by Gasteiger charge is -2.20. The lowest BCUT2D eigenvalue weighted by molar-refractivity contribution is 0.00590. The van der Waals surface area contributed by atoms with E-state index in [9.17, 15) is 9.59 Å². The van der Waals surface area contributed by atoms with Crippen molar-refractivity contribution in [3.05, 3.63) is 58.1 Å². The largest absolute Gasteiger partial charge is 0.455 e. The van der Waals surface area contributed by atoms with Crippen LogP contribution in [0, 0.1) is 6.92 Å². The molecule has 0 bridgehead atoms. The molecule has 0 aliphatic carbocycles. The van der Waals surface area contributed by atoms with Crippen LogP contribution >= 0.6 is 0 Å². The molecule has 0 atom stereocenters. The van der Waals surface area contributed by atoms with Gasteiger partial charge in [0, 0.05) is 11.8 Å². The number of esters is 1. The molecule has 0 spiro atoms. The zero-order chi connectivity index (χ0) is 15.6. The van der Waals surface area contributed by atoms with E-state index in [0.717, 1.165) is 5.69 Å². The minimum atomic E-state index is -0.631. The summed E-state index contributed by atoms with van der Waals surface area (Å²) < 4.78 is 6.61. The molecule has 2 aromatic heterocycles. The normalized spacial score (nSPS) is 11.2. The average molecular weight is 286 g/mol. The zero-order valence-electron chi connectivity index (χ0n) is 12.6.